The van der Waals surface area contributed by atoms with Crippen molar-refractivity contribution in [3.63, 3.8) is 0 Å². The van der Waals surface area contributed by atoms with Gasteiger partial charge in [-0.25, -0.2) is 0 Å². The van der Waals surface area contributed by atoms with Gasteiger partial charge in [-0.3, -0.25) is 9.59 Å². The van der Waals surface area contributed by atoms with Crippen molar-refractivity contribution >= 4 is 11.8 Å². The summed E-state index contributed by atoms with van der Waals surface area (Å²) in [5.74, 6) is 1.44. The molecule has 0 aliphatic rings. The number of terminal acetylenes is 1. The molecule has 0 aliphatic heterocycles. The van der Waals surface area contributed by atoms with Gasteiger partial charge in [0.2, 0.25) is 5.91 Å². The lowest BCUT2D eigenvalue weighted by molar-refractivity contribution is -0.120. The van der Waals surface area contributed by atoms with Crippen LogP contribution in [0.15, 0.2) is 24.3 Å². The van der Waals surface area contributed by atoms with E-state index >= 15 is 0 Å². The summed E-state index contributed by atoms with van der Waals surface area (Å²) in [6, 6.07) is 6.51. The zero-order valence-electron chi connectivity index (χ0n) is 13.1. The van der Waals surface area contributed by atoms with Crippen molar-refractivity contribution in [1.29, 1.82) is 0 Å². The van der Waals surface area contributed by atoms with Crippen LogP contribution in [0.1, 0.15) is 36.7 Å². The first-order chi connectivity index (χ1) is 10.3. The van der Waals surface area contributed by atoms with E-state index in [0.717, 1.165) is 5.56 Å². The number of aliphatic hydroxyl groups excluding tert-OH is 1. The van der Waals surface area contributed by atoms with Crippen molar-refractivity contribution < 1.29 is 14.7 Å². The Balaban J connectivity index is 2.56. The average molecular weight is 302 g/mol. The van der Waals surface area contributed by atoms with Crippen molar-refractivity contribution in [1.82, 2.24) is 10.6 Å². The standard InChI is InChI=1S/C17H22N2O3/c1-5-14(11-20)19-15(21)10-18-16(22)12-6-8-13(9-7-12)17(2,3)4/h1,6-9,14,20H,10-11H2,2-4H3,(H,18,22)(H,19,21). The van der Waals surface area contributed by atoms with Crippen LogP contribution < -0.4 is 10.6 Å². The first kappa shape index (κ1) is 17.7. The first-order valence-corrected chi connectivity index (χ1v) is 7.03. The first-order valence-electron chi connectivity index (χ1n) is 7.03. The highest BCUT2D eigenvalue weighted by atomic mass is 16.3. The van der Waals surface area contributed by atoms with Gasteiger partial charge in [0.05, 0.1) is 13.2 Å². The van der Waals surface area contributed by atoms with E-state index < -0.39 is 11.9 Å². The molecule has 1 aromatic rings. The molecule has 3 N–H and O–H groups in total. The second-order valence-electron chi connectivity index (χ2n) is 5.98. The summed E-state index contributed by atoms with van der Waals surface area (Å²) in [6.07, 6.45) is 5.12. The molecule has 0 radical (unpaired) electrons. The molecule has 1 aromatic carbocycles. The number of amides is 2. The number of hydrogen-bond donors (Lipinski definition) is 3. The summed E-state index contributed by atoms with van der Waals surface area (Å²) in [5, 5.41) is 13.8. The van der Waals surface area contributed by atoms with Crippen LogP contribution in [0.3, 0.4) is 0 Å². The van der Waals surface area contributed by atoms with Gasteiger partial charge in [0, 0.05) is 5.56 Å². The molecule has 1 unspecified atom stereocenters. The van der Waals surface area contributed by atoms with Crippen LogP contribution in [0.5, 0.6) is 0 Å². The summed E-state index contributed by atoms with van der Waals surface area (Å²) < 4.78 is 0. The predicted molar refractivity (Wildman–Crippen MR) is 85.3 cm³/mol. The zero-order valence-corrected chi connectivity index (χ0v) is 13.1. The molecule has 0 fully saturated rings. The Morgan fingerprint density at radius 3 is 2.32 bits per heavy atom. The molecule has 0 saturated carbocycles. The predicted octanol–water partition coefficient (Wildman–Crippen LogP) is 0.824. The van der Waals surface area contributed by atoms with Crippen LogP contribution in [-0.2, 0) is 10.2 Å². The summed E-state index contributed by atoms with van der Waals surface area (Å²) >= 11 is 0. The Hall–Kier alpha value is -2.32. The smallest absolute Gasteiger partial charge is 0.251 e. The molecule has 0 aromatic heterocycles. The lowest BCUT2D eigenvalue weighted by Crippen LogP contribution is -2.42. The van der Waals surface area contributed by atoms with Gasteiger partial charge in [-0.05, 0) is 23.1 Å². The maximum absolute atomic E-state index is 12.0. The third-order valence-corrected chi connectivity index (χ3v) is 3.14. The number of aliphatic hydroxyl groups is 1. The number of carbonyl (C=O) groups excluding carboxylic acids is 2. The van der Waals surface area contributed by atoms with E-state index in [2.05, 4.69) is 37.3 Å². The van der Waals surface area contributed by atoms with Crippen LogP contribution in [0, 0.1) is 12.3 Å². The Morgan fingerprint density at radius 1 is 1.27 bits per heavy atom. The molecule has 0 aliphatic carbocycles. The molecule has 1 rings (SSSR count). The summed E-state index contributed by atoms with van der Waals surface area (Å²) in [5.41, 5.74) is 1.63. The van der Waals surface area contributed by atoms with E-state index in [1.807, 2.05) is 12.1 Å². The number of benzene rings is 1. The highest BCUT2D eigenvalue weighted by Crippen LogP contribution is 2.22. The van der Waals surface area contributed by atoms with Crippen molar-refractivity contribution in [2.24, 2.45) is 0 Å². The van der Waals surface area contributed by atoms with Gasteiger partial charge in [0.25, 0.3) is 5.91 Å². The number of rotatable bonds is 5. The number of nitrogens with one attached hydrogen (secondary N) is 2. The molecule has 0 saturated heterocycles. The topological polar surface area (TPSA) is 78.4 Å². The highest BCUT2D eigenvalue weighted by molar-refractivity contribution is 5.96. The SMILES string of the molecule is C#CC(CO)NC(=O)CNC(=O)c1ccc(C(C)(C)C)cc1. The van der Waals surface area contributed by atoms with Crippen molar-refractivity contribution in [2.75, 3.05) is 13.2 Å². The maximum atomic E-state index is 12.0. The molecule has 0 bridgehead atoms. The van der Waals surface area contributed by atoms with Gasteiger partial charge < -0.3 is 15.7 Å². The Bertz CT molecular complexity index is 565. The lowest BCUT2D eigenvalue weighted by atomic mass is 9.87. The molecule has 0 spiro atoms. The Morgan fingerprint density at radius 2 is 1.86 bits per heavy atom. The molecule has 118 valence electrons. The van der Waals surface area contributed by atoms with Crippen LogP contribution >= 0.6 is 0 Å². The quantitative estimate of drug-likeness (QED) is 0.705. The van der Waals surface area contributed by atoms with Crippen molar-refractivity contribution in [2.45, 2.75) is 32.2 Å². The fourth-order valence-electron chi connectivity index (χ4n) is 1.77. The minimum atomic E-state index is -0.740. The van der Waals surface area contributed by atoms with Crippen LogP contribution in [0.2, 0.25) is 0 Å². The minimum Gasteiger partial charge on any atom is -0.393 e. The van der Waals surface area contributed by atoms with E-state index in [0.29, 0.717) is 5.56 Å². The molecular formula is C17H22N2O3. The molecule has 5 nitrogen and oxygen atoms in total. The van der Waals surface area contributed by atoms with Crippen molar-refractivity contribution in [3.8, 4) is 12.3 Å². The van der Waals surface area contributed by atoms with Gasteiger partial charge in [0.15, 0.2) is 0 Å². The molecule has 5 heteroatoms. The van der Waals surface area contributed by atoms with Crippen LogP contribution in [0.25, 0.3) is 0 Å². The van der Waals surface area contributed by atoms with E-state index in [1.54, 1.807) is 12.1 Å². The second kappa shape index (κ2) is 7.62. The number of hydrogen-bond acceptors (Lipinski definition) is 3. The molecule has 0 heterocycles. The van der Waals surface area contributed by atoms with E-state index in [9.17, 15) is 9.59 Å². The van der Waals surface area contributed by atoms with Crippen LogP contribution in [-0.4, -0.2) is 36.1 Å². The van der Waals surface area contributed by atoms with Gasteiger partial charge in [-0.2, -0.15) is 0 Å². The fraction of sp³-hybridized carbons (Fsp3) is 0.412. The Labute approximate surface area is 131 Å². The fourth-order valence-corrected chi connectivity index (χ4v) is 1.77. The van der Waals surface area contributed by atoms with Gasteiger partial charge in [-0.1, -0.05) is 38.8 Å². The largest absolute Gasteiger partial charge is 0.393 e. The molecule has 22 heavy (non-hydrogen) atoms. The monoisotopic (exact) mass is 302 g/mol. The van der Waals surface area contributed by atoms with E-state index in [-0.39, 0.29) is 24.5 Å². The lowest BCUT2D eigenvalue weighted by Gasteiger charge is -2.19. The third kappa shape index (κ3) is 5.23. The van der Waals surface area contributed by atoms with Gasteiger partial charge in [0.1, 0.15) is 6.04 Å². The van der Waals surface area contributed by atoms with Crippen LogP contribution in [0.4, 0.5) is 0 Å². The normalized spacial score (nSPS) is 12.1. The molecule has 1 atom stereocenters. The summed E-state index contributed by atoms with van der Waals surface area (Å²) in [6.45, 7) is 5.74. The van der Waals surface area contributed by atoms with E-state index in [4.69, 9.17) is 11.5 Å². The van der Waals surface area contributed by atoms with E-state index in [1.165, 1.54) is 0 Å². The minimum absolute atomic E-state index is 0.0173. The summed E-state index contributed by atoms with van der Waals surface area (Å²) in [4.78, 5) is 23.5. The molecular weight excluding hydrogens is 280 g/mol. The number of carbonyl (C=O) groups is 2. The van der Waals surface area contributed by atoms with Gasteiger partial charge in [-0.15, -0.1) is 6.42 Å². The second-order valence-corrected chi connectivity index (χ2v) is 5.98. The molecule has 2 amide bonds. The third-order valence-electron chi connectivity index (χ3n) is 3.14. The zero-order chi connectivity index (χ0) is 16.8. The van der Waals surface area contributed by atoms with Crippen molar-refractivity contribution in [3.05, 3.63) is 35.4 Å². The summed E-state index contributed by atoms with van der Waals surface area (Å²) in [7, 11) is 0. The Kier molecular flexibility index (Phi) is 6.14. The average Bonchev–Trinajstić information content (AvgIpc) is 2.49. The maximum Gasteiger partial charge on any atom is 0.251 e. The highest BCUT2D eigenvalue weighted by Gasteiger charge is 2.15. The van der Waals surface area contributed by atoms with Gasteiger partial charge >= 0.3 is 0 Å².